The first-order valence-corrected chi connectivity index (χ1v) is 6.82. The maximum atomic E-state index is 5.39. The highest BCUT2D eigenvalue weighted by molar-refractivity contribution is 8.76. The van der Waals surface area contributed by atoms with E-state index in [0.29, 0.717) is 0 Å². The van der Waals surface area contributed by atoms with Gasteiger partial charge in [-0.2, -0.15) is 0 Å². The molecule has 0 bridgehead atoms. The van der Waals surface area contributed by atoms with Crippen LogP contribution in [-0.4, -0.2) is 12.5 Å². The Morgan fingerprint density at radius 2 is 1.46 bits per heavy atom. The summed E-state index contributed by atoms with van der Waals surface area (Å²) in [6, 6.07) is 9.59. The van der Waals surface area contributed by atoms with Gasteiger partial charge < -0.3 is 11.5 Å². The minimum atomic E-state index is -0.341. The summed E-state index contributed by atoms with van der Waals surface area (Å²) in [7, 11) is 3.55. The smallest absolute Gasteiger partial charge is 0.0784 e. The molecule has 0 fully saturated rings. The number of rotatable bonds is 2. The third kappa shape index (κ3) is 6.95. The van der Waals surface area contributed by atoms with Crippen molar-refractivity contribution in [3.05, 3.63) is 35.9 Å². The lowest BCUT2D eigenvalue weighted by Crippen LogP contribution is -2.19. The first kappa shape index (κ1) is 12.8. The van der Waals surface area contributed by atoms with Crippen LogP contribution >= 0.6 is 21.6 Å². The second-order valence-electron chi connectivity index (χ2n) is 2.27. The molecule has 2 nitrogen and oxygen atoms in total. The summed E-state index contributed by atoms with van der Waals surface area (Å²) < 4.78 is 0. The SMILES string of the molecule is CSSC.NC(N)c1ccccc1. The minimum Gasteiger partial charge on any atom is -0.312 e. The molecule has 0 aliphatic carbocycles. The van der Waals surface area contributed by atoms with Crippen LogP contribution in [0.5, 0.6) is 0 Å². The normalized spacial score (nSPS) is 9.31. The Balaban J connectivity index is 0.000000310. The van der Waals surface area contributed by atoms with E-state index in [1.165, 1.54) is 0 Å². The molecule has 0 saturated heterocycles. The molecule has 0 aliphatic heterocycles. The maximum Gasteiger partial charge on any atom is 0.0784 e. The Labute approximate surface area is 87.9 Å². The van der Waals surface area contributed by atoms with E-state index in [9.17, 15) is 0 Å². The van der Waals surface area contributed by atoms with E-state index in [-0.39, 0.29) is 6.17 Å². The van der Waals surface area contributed by atoms with Crippen LogP contribution in [0, 0.1) is 0 Å². The third-order valence-electron chi connectivity index (χ3n) is 1.35. The summed E-state index contributed by atoms with van der Waals surface area (Å²) in [5.41, 5.74) is 11.8. The van der Waals surface area contributed by atoms with Gasteiger partial charge in [-0.05, 0) is 18.1 Å². The summed E-state index contributed by atoms with van der Waals surface area (Å²) in [6.07, 6.45) is 3.78. The van der Waals surface area contributed by atoms with Crippen molar-refractivity contribution < 1.29 is 0 Å². The van der Waals surface area contributed by atoms with Crippen molar-refractivity contribution >= 4 is 21.6 Å². The Morgan fingerprint density at radius 3 is 1.69 bits per heavy atom. The molecule has 1 rings (SSSR count). The number of nitrogens with two attached hydrogens (primary N) is 2. The van der Waals surface area contributed by atoms with Gasteiger partial charge in [0.25, 0.3) is 0 Å². The molecule has 0 unspecified atom stereocenters. The van der Waals surface area contributed by atoms with Gasteiger partial charge in [0.1, 0.15) is 0 Å². The van der Waals surface area contributed by atoms with Crippen molar-refractivity contribution in [1.29, 1.82) is 0 Å². The van der Waals surface area contributed by atoms with Crippen molar-refractivity contribution in [3.63, 3.8) is 0 Å². The Morgan fingerprint density at radius 1 is 1.00 bits per heavy atom. The molecule has 4 heteroatoms. The average Bonchev–Trinajstić information content (AvgIpc) is 2.19. The standard InChI is InChI=1S/C7H10N2.C2H6S2/c8-7(9)6-4-2-1-3-5-6;1-3-4-2/h1-5,7H,8-9H2;1-2H3. The van der Waals surface area contributed by atoms with Crippen LogP contribution in [0.25, 0.3) is 0 Å². The van der Waals surface area contributed by atoms with Crippen molar-refractivity contribution in [3.8, 4) is 0 Å². The zero-order valence-electron chi connectivity index (χ0n) is 7.94. The van der Waals surface area contributed by atoms with Gasteiger partial charge >= 0.3 is 0 Å². The van der Waals surface area contributed by atoms with Crippen molar-refractivity contribution in [2.45, 2.75) is 6.17 Å². The van der Waals surface area contributed by atoms with Crippen molar-refractivity contribution in [1.82, 2.24) is 0 Å². The van der Waals surface area contributed by atoms with Crippen LogP contribution in [0.3, 0.4) is 0 Å². The second-order valence-corrected chi connectivity index (χ2v) is 4.94. The lowest BCUT2D eigenvalue weighted by Gasteiger charge is -2.02. The molecule has 74 valence electrons. The first-order valence-electron chi connectivity index (χ1n) is 3.85. The Hall–Kier alpha value is -0.160. The molecule has 0 radical (unpaired) electrons. The first-order chi connectivity index (χ1) is 6.22. The van der Waals surface area contributed by atoms with E-state index in [1.807, 2.05) is 30.3 Å². The van der Waals surface area contributed by atoms with Crippen LogP contribution in [0.15, 0.2) is 30.3 Å². The number of benzene rings is 1. The van der Waals surface area contributed by atoms with E-state index < -0.39 is 0 Å². The fraction of sp³-hybridized carbons (Fsp3) is 0.333. The fourth-order valence-corrected chi connectivity index (χ4v) is 0.675. The molecular formula is C9H16N2S2. The number of hydrogen-bond acceptors (Lipinski definition) is 4. The lowest BCUT2D eigenvalue weighted by molar-refractivity contribution is 0.774. The van der Waals surface area contributed by atoms with Gasteiger partial charge in [-0.3, -0.25) is 0 Å². The highest BCUT2D eigenvalue weighted by Crippen LogP contribution is 2.09. The molecule has 0 spiro atoms. The number of hydrogen-bond donors (Lipinski definition) is 2. The van der Waals surface area contributed by atoms with Crippen LogP contribution in [0.1, 0.15) is 11.7 Å². The third-order valence-corrected chi connectivity index (χ3v) is 2.68. The summed E-state index contributed by atoms with van der Waals surface area (Å²) in [5.74, 6) is 0. The monoisotopic (exact) mass is 216 g/mol. The molecule has 0 heterocycles. The van der Waals surface area contributed by atoms with Gasteiger partial charge in [-0.1, -0.05) is 51.9 Å². The maximum absolute atomic E-state index is 5.39. The quantitative estimate of drug-likeness (QED) is 0.588. The van der Waals surface area contributed by atoms with Gasteiger partial charge in [0.15, 0.2) is 0 Å². The van der Waals surface area contributed by atoms with E-state index in [0.717, 1.165) is 5.56 Å². The average molecular weight is 216 g/mol. The van der Waals surface area contributed by atoms with Crippen LogP contribution in [0.4, 0.5) is 0 Å². The molecule has 0 aliphatic rings. The minimum absolute atomic E-state index is 0.341. The molecule has 0 saturated carbocycles. The van der Waals surface area contributed by atoms with Crippen LogP contribution < -0.4 is 11.5 Å². The van der Waals surface area contributed by atoms with Gasteiger partial charge in [-0.25, -0.2) is 0 Å². The highest BCUT2D eigenvalue weighted by Gasteiger charge is 1.93. The summed E-state index contributed by atoms with van der Waals surface area (Å²) in [4.78, 5) is 0. The fourth-order valence-electron chi connectivity index (χ4n) is 0.675. The van der Waals surface area contributed by atoms with E-state index in [2.05, 4.69) is 12.5 Å². The molecule has 1 aromatic carbocycles. The molecule has 0 amide bonds. The zero-order chi connectivity index (χ0) is 10.1. The largest absolute Gasteiger partial charge is 0.312 e. The second kappa shape index (κ2) is 8.44. The van der Waals surface area contributed by atoms with E-state index in [4.69, 9.17) is 11.5 Å². The molecule has 4 N–H and O–H groups in total. The predicted octanol–water partition coefficient (Wildman–Crippen LogP) is 2.23. The van der Waals surface area contributed by atoms with Crippen LogP contribution in [0.2, 0.25) is 0 Å². The van der Waals surface area contributed by atoms with Gasteiger partial charge in [0.05, 0.1) is 6.17 Å². The zero-order valence-corrected chi connectivity index (χ0v) is 9.57. The predicted molar refractivity (Wildman–Crippen MR) is 64.6 cm³/mol. The Kier molecular flexibility index (Phi) is 8.33. The van der Waals surface area contributed by atoms with Gasteiger partial charge in [-0.15, -0.1) is 0 Å². The van der Waals surface area contributed by atoms with E-state index >= 15 is 0 Å². The molecule has 13 heavy (non-hydrogen) atoms. The highest BCUT2D eigenvalue weighted by atomic mass is 33.1. The molecular weight excluding hydrogens is 200 g/mol. The van der Waals surface area contributed by atoms with Crippen molar-refractivity contribution in [2.75, 3.05) is 12.5 Å². The summed E-state index contributed by atoms with van der Waals surface area (Å²) in [5, 5.41) is 0. The van der Waals surface area contributed by atoms with E-state index in [1.54, 1.807) is 21.6 Å². The Bertz CT molecular complexity index is 200. The summed E-state index contributed by atoms with van der Waals surface area (Å²) in [6.45, 7) is 0. The van der Waals surface area contributed by atoms with Crippen molar-refractivity contribution in [2.24, 2.45) is 11.5 Å². The molecule has 0 atom stereocenters. The van der Waals surface area contributed by atoms with Gasteiger partial charge in [0.2, 0.25) is 0 Å². The lowest BCUT2D eigenvalue weighted by atomic mass is 10.2. The summed E-state index contributed by atoms with van der Waals surface area (Å²) >= 11 is 0. The topological polar surface area (TPSA) is 52.0 Å². The van der Waals surface area contributed by atoms with Crippen LogP contribution in [-0.2, 0) is 0 Å². The molecule has 1 aromatic rings. The molecule has 0 aromatic heterocycles. The van der Waals surface area contributed by atoms with Gasteiger partial charge in [0, 0.05) is 0 Å².